The summed E-state index contributed by atoms with van der Waals surface area (Å²) in [6, 6.07) is 5.29. The van der Waals surface area contributed by atoms with Crippen molar-refractivity contribution in [2.75, 3.05) is 6.61 Å². The molecule has 0 unspecified atom stereocenters. The minimum Gasteiger partial charge on any atom is -0.486 e. The molecule has 0 amide bonds. The maximum Gasteiger partial charge on any atom is 0.170 e. The monoisotopic (exact) mass is 331 g/mol. The van der Waals surface area contributed by atoms with Gasteiger partial charge in [-0.25, -0.2) is 4.98 Å². The van der Waals surface area contributed by atoms with E-state index in [1.54, 1.807) is 36.8 Å². The van der Waals surface area contributed by atoms with Crippen LogP contribution in [0.25, 0.3) is 0 Å². The van der Waals surface area contributed by atoms with E-state index >= 15 is 0 Å². The summed E-state index contributed by atoms with van der Waals surface area (Å²) in [5.41, 5.74) is 1.92. The Morgan fingerprint density at radius 1 is 1.25 bits per heavy atom. The Morgan fingerprint density at radius 3 is 2.95 bits per heavy atom. The van der Waals surface area contributed by atoms with E-state index in [4.69, 9.17) is 4.74 Å². The fourth-order valence-corrected chi connectivity index (χ4v) is 2.13. The summed E-state index contributed by atoms with van der Waals surface area (Å²) in [6.07, 6.45) is 5.08. The van der Waals surface area contributed by atoms with Crippen LogP contribution in [0, 0.1) is 0 Å². The van der Waals surface area contributed by atoms with Crippen LogP contribution in [0.3, 0.4) is 0 Å². The molecule has 0 aromatic carbocycles. The average molecular weight is 332 g/mol. The molecule has 0 saturated carbocycles. The molecule has 20 heavy (non-hydrogen) atoms. The van der Waals surface area contributed by atoms with Crippen LogP contribution in [0.15, 0.2) is 46.4 Å². The largest absolute Gasteiger partial charge is 0.486 e. The van der Waals surface area contributed by atoms with E-state index in [9.17, 15) is 4.79 Å². The quantitative estimate of drug-likeness (QED) is 0.811. The molecule has 2 aromatic heterocycles. The van der Waals surface area contributed by atoms with Crippen molar-refractivity contribution in [1.82, 2.24) is 9.97 Å². The number of nitrogens with zero attached hydrogens (tertiary/aromatic N) is 3. The molecule has 0 radical (unpaired) electrons. The minimum atomic E-state index is 0.0462. The first-order chi connectivity index (χ1) is 9.72. The van der Waals surface area contributed by atoms with Crippen molar-refractivity contribution < 1.29 is 9.53 Å². The topological polar surface area (TPSA) is 64.4 Å². The smallest absolute Gasteiger partial charge is 0.170 e. The van der Waals surface area contributed by atoms with Gasteiger partial charge in [-0.1, -0.05) is 0 Å². The predicted molar refractivity (Wildman–Crippen MR) is 77.7 cm³/mol. The zero-order chi connectivity index (χ0) is 13.9. The highest BCUT2D eigenvalue weighted by Crippen LogP contribution is 2.24. The van der Waals surface area contributed by atoms with Gasteiger partial charge in [-0.15, -0.1) is 0 Å². The molecule has 0 bridgehead atoms. The molecule has 2 aromatic rings. The van der Waals surface area contributed by atoms with Crippen molar-refractivity contribution in [3.05, 3.63) is 47.0 Å². The van der Waals surface area contributed by atoms with Gasteiger partial charge in [0.1, 0.15) is 17.0 Å². The number of ether oxygens (including phenoxy) is 1. The standard InChI is InChI=1S/C14H10BrN3O2/c15-14-2-1-10(6-17-14)20-8-9-5-13(19)11-3-4-16-7-12(11)18-9/h1-4,6-7H,5,8H2. The molecule has 0 fully saturated rings. The van der Waals surface area contributed by atoms with Gasteiger partial charge in [0.25, 0.3) is 0 Å². The summed E-state index contributed by atoms with van der Waals surface area (Å²) in [7, 11) is 0. The number of Topliss-reactive ketones (excluding diaryl/α,β-unsaturated/α-hetero) is 1. The predicted octanol–water partition coefficient (Wildman–Crippen LogP) is 2.98. The third kappa shape index (κ3) is 2.75. The summed E-state index contributed by atoms with van der Waals surface area (Å²) in [6.45, 7) is 0.267. The van der Waals surface area contributed by atoms with E-state index in [0.717, 1.165) is 4.60 Å². The lowest BCUT2D eigenvalue weighted by atomic mass is 10.0. The minimum absolute atomic E-state index is 0.0462. The number of ketones is 1. The van der Waals surface area contributed by atoms with E-state index < -0.39 is 0 Å². The molecule has 0 saturated heterocycles. The molecule has 5 nitrogen and oxygen atoms in total. The number of rotatable bonds is 3. The summed E-state index contributed by atoms with van der Waals surface area (Å²) < 4.78 is 6.32. The van der Waals surface area contributed by atoms with Gasteiger partial charge < -0.3 is 4.74 Å². The van der Waals surface area contributed by atoms with Gasteiger partial charge in [0.2, 0.25) is 0 Å². The Hall–Kier alpha value is -2.08. The van der Waals surface area contributed by atoms with E-state index in [-0.39, 0.29) is 18.8 Å². The number of hydrogen-bond donors (Lipinski definition) is 0. The Morgan fingerprint density at radius 2 is 2.15 bits per heavy atom. The summed E-state index contributed by atoms with van der Waals surface area (Å²) in [4.78, 5) is 24.4. The fourth-order valence-electron chi connectivity index (χ4n) is 1.90. The highest BCUT2D eigenvalue weighted by molar-refractivity contribution is 9.10. The molecule has 0 atom stereocenters. The SMILES string of the molecule is O=C1CC(COc2ccc(Br)nc2)=Nc2cnccc21. The van der Waals surface area contributed by atoms with Gasteiger partial charge in [-0.05, 0) is 34.1 Å². The zero-order valence-electron chi connectivity index (χ0n) is 10.4. The van der Waals surface area contributed by atoms with Crippen LogP contribution < -0.4 is 4.74 Å². The van der Waals surface area contributed by atoms with Crippen LogP contribution in [-0.4, -0.2) is 28.1 Å². The molecule has 1 aliphatic rings. The van der Waals surface area contributed by atoms with E-state index in [1.807, 2.05) is 0 Å². The first-order valence-electron chi connectivity index (χ1n) is 6.00. The Balaban J connectivity index is 1.74. The summed E-state index contributed by atoms with van der Waals surface area (Å²) in [5, 5.41) is 0. The number of aliphatic imine (C=N–C) groups is 1. The maximum atomic E-state index is 12.0. The molecule has 3 rings (SSSR count). The Bertz CT molecular complexity index is 683. The van der Waals surface area contributed by atoms with Crippen molar-refractivity contribution >= 4 is 33.1 Å². The van der Waals surface area contributed by atoms with Gasteiger partial charge in [0.15, 0.2) is 5.78 Å². The zero-order valence-corrected chi connectivity index (χ0v) is 12.0. The molecule has 0 N–H and O–H groups in total. The van der Waals surface area contributed by atoms with Gasteiger partial charge >= 0.3 is 0 Å². The van der Waals surface area contributed by atoms with Crippen molar-refractivity contribution in [2.24, 2.45) is 4.99 Å². The van der Waals surface area contributed by atoms with Gasteiger partial charge in [0.05, 0.1) is 30.2 Å². The molecule has 3 heterocycles. The van der Waals surface area contributed by atoms with Gasteiger partial charge in [-0.2, -0.15) is 0 Å². The van der Waals surface area contributed by atoms with Crippen molar-refractivity contribution in [3.8, 4) is 5.75 Å². The maximum absolute atomic E-state index is 12.0. The summed E-state index contributed by atoms with van der Waals surface area (Å²) >= 11 is 3.26. The summed E-state index contributed by atoms with van der Waals surface area (Å²) in [5.74, 6) is 0.685. The molecule has 1 aliphatic heterocycles. The number of carbonyl (C=O) groups is 1. The second kappa shape index (κ2) is 5.50. The molecule has 0 aliphatic carbocycles. The number of aromatic nitrogens is 2. The second-order valence-corrected chi connectivity index (χ2v) is 5.09. The Kier molecular flexibility index (Phi) is 3.56. The molecule has 0 spiro atoms. The number of pyridine rings is 2. The van der Waals surface area contributed by atoms with Crippen LogP contribution >= 0.6 is 15.9 Å². The highest BCUT2D eigenvalue weighted by Gasteiger charge is 2.20. The third-order valence-corrected chi connectivity index (χ3v) is 3.32. The number of fused-ring (bicyclic) bond motifs is 1. The van der Waals surface area contributed by atoms with E-state index in [2.05, 4.69) is 30.9 Å². The first kappa shape index (κ1) is 12.9. The van der Waals surface area contributed by atoms with Crippen LogP contribution in [0.4, 0.5) is 5.69 Å². The lowest BCUT2D eigenvalue weighted by Crippen LogP contribution is -2.19. The number of carbonyl (C=O) groups excluding carboxylic acids is 1. The molecule has 100 valence electrons. The number of hydrogen-bond acceptors (Lipinski definition) is 5. The molecular weight excluding hydrogens is 322 g/mol. The van der Waals surface area contributed by atoms with Crippen LogP contribution in [-0.2, 0) is 0 Å². The van der Waals surface area contributed by atoms with Crippen molar-refractivity contribution in [1.29, 1.82) is 0 Å². The Labute approximate surface area is 123 Å². The van der Waals surface area contributed by atoms with Gasteiger partial charge in [-0.3, -0.25) is 14.8 Å². The lowest BCUT2D eigenvalue weighted by Gasteiger charge is -2.14. The lowest BCUT2D eigenvalue weighted by molar-refractivity contribution is 0.0998. The number of halogens is 1. The van der Waals surface area contributed by atoms with Crippen LogP contribution in [0.1, 0.15) is 16.8 Å². The van der Waals surface area contributed by atoms with Gasteiger partial charge in [0, 0.05) is 11.8 Å². The van der Waals surface area contributed by atoms with Crippen molar-refractivity contribution in [3.63, 3.8) is 0 Å². The van der Waals surface area contributed by atoms with Crippen LogP contribution in [0.2, 0.25) is 0 Å². The molecule has 6 heteroatoms. The highest BCUT2D eigenvalue weighted by atomic mass is 79.9. The normalized spacial score (nSPS) is 13.7. The van der Waals surface area contributed by atoms with Crippen molar-refractivity contribution in [2.45, 2.75) is 6.42 Å². The van der Waals surface area contributed by atoms with Crippen LogP contribution in [0.5, 0.6) is 5.75 Å². The van der Waals surface area contributed by atoms with E-state index in [0.29, 0.717) is 22.7 Å². The fraction of sp³-hybridized carbons (Fsp3) is 0.143. The molecular formula is C14H10BrN3O2. The first-order valence-corrected chi connectivity index (χ1v) is 6.80. The second-order valence-electron chi connectivity index (χ2n) is 4.28. The average Bonchev–Trinajstić information content (AvgIpc) is 2.47. The third-order valence-electron chi connectivity index (χ3n) is 2.85. The van der Waals surface area contributed by atoms with E-state index in [1.165, 1.54) is 0 Å².